The molecule has 11 heteroatoms. The van der Waals surface area contributed by atoms with Gasteiger partial charge in [-0.25, -0.2) is 13.8 Å². The van der Waals surface area contributed by atoms with E-state index in [2.05, 4.69) is 26.5 Å². The van der Waals surface area contributed by atoms with Crippen LogP contribution in [0.1, 0.15) is 17.0 Å². The Bertz CT molecular complexity index is 1610. The molecule has 0 aliphatic heterocycles. The number of halogens is 3. The summed E-state index contributed by atoms with van der Waals surface area (Å²) in [5.41, 5.74) is 6.09. The van der Waals surface area contributed by atoms with Gasteiger partial charge in [0.25, 0.3) is 15.9 Å². The molecule has 1 aromatic heterocycles. The summed E-state index contributed by atoms with van der Waals surface area (Å²) in [6.07, 6.45) is 1.51. The molecular weight excluding hydrogens is 611 g/mol. The average Bonchev–Trinajstić information content (AvgIpc) is 3.16. The third-order valence-corrected chi connectivity index (χ3v) is 8.60. The summed E-state index contributed by atoms with van der Waals surface area (Å²) in [5, 5.41) is 5.12. The first-order valence-corrected chi connectivity index (χ1v) is 14.4. The molecule has 0 saturated heterocycles. The molecule has 196 valence electrons. The number of aryl methyl sites for hydroxylation is 1. The lowest BCUT2D eigenvalue weighted by Crippen LogP contribution is -2.39. The van der Waals surface area contributed by atoms with Gasteiger partial charge < -0.3 is 4.57 Å². The number of benzene rings is 3. The molecule has 0 aliphatic carbocycles. The van der Waals surface area contributed by atoms with Crippen LogP contribution in [0, 0.1) is 13.8 Å². The summed E-state index contributed by atoms with van der Waals surface area (Å²) in [4.78, 5) is 12.9. The van der Waals surface area contributed by atoms with Crippen molar-refractivity contribution < 1.29 is 13.2 Å². The van der Waals surface area contributed by atoms with Crippen LogP contribution in [0.25, 0.3) is 5.69 Å². The summed E-state index contributed by atoms with van der Waals surface area (Å²) in [7, 11) is -4.01. The van der Waals surface area contributed by atoms with Crippen LogP contribution in [0.3, 0.4) is 0 Å². The number of aromatic nitrogens is 1. The second kappa shape index (κ2) is 11.7. The van der Waals surface area contributed by atoms with Crippen LogP contribution >= 0.6 is 39.1 Å². The number of anilines is 1. The zero-order chi connectivity index (χ0) is 27.4. The minimum absolute atomic E-state index is 0.0764. The van der Waals surface area contributed by atoms with Crippen molar-refractivity contribution in [2.75, 3.05) is 10.8 Å². The fourth-order valence-corrected chi connectivity index (χ4v) is 6.13. The highest BCUT2D eigenvalue weighted by Gasteiger charge is 2.27. The van der Waals surface area contributed by atoms with Crippen molar-refractivity contribution >= 4 is 67.0 Å². The van der Waals surface area contributed by atoms with E-state index in [1.807, 2.05) is 30.5 Å². The fourth-order valence-electron chi connectivity index (χ4n) is 3.93. The highest BCUT2D eigenvalue weighted by molar-refractivity contribution is 9.10. The first-order valence-electron chi connectivity index (χ1n) is 11.4. The van der Waals surface area contributed by atoms with E-state index >= 15 is 0 Å². The van der Waals surface area contributed by atoms with E-state index in [-0.39, 0.29) is 4.90 Å². The van der Waals surface area contributed by atoms with Crippen molar-refractivity contribution in [2.24, 2.45) is 5.10 Å². The van der Waals surface area contributed by atoms with Gasteiger partial charge in [-0.05, 0) is 74.5 Å². The Kier molecular flexibility index (Phi) is 8.62. The topological polar surface area (TPSA) is 83.8 Å². The number of carbonyl (C=O) groups excluding carboxylic acids is 1. The maximum Gasteiger partial charge on any atom is 0.264 e. The Morgan fingerprint density at radius 2 is 1.71 bits per heavy atom. The monoisotopic (exact) mass is 632 g/mol. The van der Waals surface area contributed by atoms with Crippen LogP contribution in [-0.4, -0.2) is 31.7 Å². The van der Waals surface area contributed by atoms with Gasteiger partial charge in [0, 0.05) is 26.4 Å². The smallest absolute Gasteiger partial charge is 0.264 e. The molecule has 3 aromatic carbocycles. The molecular formula is C27H23BrCl2N4O3S. The molecule has 0 aliphatic rings. The third kappa shape index (κ3) is 6.13. The van der Waals surface area contributed by atoms with E-state index in [0.29, 0.717) is 15.7 Å². The third-order valence-electron chi connectivity index (χ3n) is 5.75. The number of sulfonamides is 1. The second-order valence-electron chi connectivity index (χ2n) is 8.35. The Balaban J connectivity index is 1.55. The van der Waals surface area contributed by atoms with Gasteiger partial charge in [-0.15, -0.1) is 0 Å². The number of nitrogens with one attached hydrogen (secondary N) is 1. The molecule has 0 unspecified atom stereocenters. The van der Waals surface area contributed by atoms with Crippen molar-refractivity contribution in [3.05, 3.63) is 110 Å². The highest BCUT2D eigenvalue weighted by atomic mass is 79.9. The fraction of sp³-hybridized carbons (Fsp3) is 0.111. The summed E-state index contributed by atoms with van der Waals surface area (Å²) >= 11 is 15.8. The lowest BCUT2D eigenvalue weighted by atomic mass is 10.2. The number of hydrogen-bond acceptors (Lipinski definition) is 4. The summed E-state index contributed by atoms with van der Waals surface area (Å²) < 4.78 is 30.6. The van der Waals surface area contributed by atoms with Gasteiger partial charge in [0.2, 0.25) is 0 Å². The quantitative estimate of drug-likeness (QED) is 0.177. The lowest BCUT2D eigenvalue weighted by molar-refractivity contribution is -0.119. The second-order valence-corrected chi connectivity index (χ2v) is 12.0. The molecule has 1 heterocycles. The normalized spacial score (nSPS) is 11.6. The molecule has 0 saturated carbocycles. The van der Waals surface area contributed by atoms with Gasteiger partial charge in [-0.3, -0.25) is 9.10 Å². The van der Waals surface area contributed by atoms with Crippen LogP contribution in [0.15, 0.2) is 93.3 Å². The molecule has 0 radical (unpaired) electrons. The Morgan fingerprint density at radius 1 is 1.03 bits per heavy atom. The van der Waals surface area contributed by atoms with Gasteiger partial charge >= 0.3 is 0 Å². The van der Waals surface area contributed by atoms with E-state index in [1.54, 1.807) is 54.6 Å². The standard InChI is InChI=1S/C27H23BrCl2N4O3S/c1-18-14-20(19(2)34(18)26-13-10-22(29)15-25(26)30)16-31-32-27(35)17-33(23-11-8-21(28)9-12-23)38(36,37)24-6-4-3-5-7-24/h3-16H,17H2,1-2H3,(H,32,35)/b31-16+. The highest BCUT2D eigenvalue weighted by Crippen LogP contribution is 2.29. The Hall–Kier alpha value is -3.11. The number of carbonyl (C=O) groups is 1. The zero-order valence-corrected chi connectivity index (χ0v) is 24.3. The molecule has 4 rings (SSSR count). The zero-order valence-electron chi connectivity index (χ0n) is 20.4. The minimum atomic E-state index is -4.01. The van der Waals surface area contributed by atoms with Gasteiger partial charge in [0.05, 0.1) is 27.5 Å². The van der Waals surface area contributed by atoms with Crippen molar-refractivity contribution in [3.63, 3.8) is 0 Å². The maximum absolute atomic E-state index is 13.4. The summed E-state index contributed by atoms with van der Waals surface area (Å²) in [6, 6.07) is 21.8. The predicted octanol–water partition coefficient (Wildman–Crippen LogP) is 6.51. The van der Waals surface area contributed by atoms with E-state index in [9.17, 15) is 13.2 Å². The van der Waals surface area contributed by atoms with Crippen LogP contribution in [-0.2, 0) is 14.8 Å². The van der Waals surface area contributed by atoms with Gasteiger partial charge in [-0.2, -0.15) is 5.10 Å². The van der Waals surface area contributed by atoms with Gasteiger partial charge in [0.1, 0.15) is 6.54 Å². The Labute approximate surface area is 239 Å². The number of hydrazone groups is 1. The molecule has 0 atom stereocenters. The molecule has 1 amide bonds. The number of nitrogens with zero attached hydrogens (tertiary/aromatic N) is 3. The molecule has 0 bridgehead atoms. The number of rotatable bonds is 8. The van der Waals surface area contributed by atoms with Crippen LogP contribution in [0.2, 0.25) is 10.0 Å². The minimum Gasteiger partial charge on any atom is -0.316 e. The van der Waals surface area contributed by atoms with Gasteiger partial charge in [-0.1, -0.05) is 57.3 Å². The van der Waals surface area contributed by atoms with Crippen molar-refractivity contribution in [2.45, 2.75) is 18.7 Å². The summed E-state index contributed by atoms with van der Waals surface area (Å²) in [6.45, 7) is 3.37. The first kappa shape index (κ1) is 27.9. The SMILES string of the molecule is Cc1cc(/C=N/NC(=O)CN(c2ccc(Br)cc2)S(=O)(=O)c2ccccc2)c(C)n1-c1ccc(Cl)cc1Cl. The predicted molar refractivity (Wildman–Crippen MR) is 156 cm³/mol. The molecule has 0 spiro atoms. The van der Waals surface area contributed by atoms with E-state index in [4.69, 9.17) is 23.2 Å². The first-order chi connectivity index (χ1) is 18.1. The van der Waals surface area contributed by atoms with Crippen LogP contribution in [0.5, 0.6) is 0 Å². The average molecular weight is 634 g/mol. The largest absolute Gasteiger partial charge is 0.316 e. The molecule has 0 fully saturated rings. The van der Waals surface area contributed by atoms with Crippen LogP contribution in [0.4, 0.5) is 5.69 Å². The molecule has 1 N–H and O–H groups in total. The summed E-state index contributed by atoms with van der Waals surface area (Å²) in [5.74, 6) is -0.599. The molecule has 4 aromatic rings. The van der Waals surface area contributed by atoms with E-state index in [1.165, 1.54) is 18.3 Å². The van der Waals surface area contributed by atoms with E-state index < -0.39 is 22.5 Å². The maximum atomic E-state index is 13.4. The van der Waals surface area contributed by atoms with Crippen LogP contribution < -0.4 is 9.73 Å². The molecule has 7 nitrogen and oxygen atoms in total. The molecule has 38 heavy (non-hydrogen) atoms. The number of hydrogen-bond donors (Lipinski definition) is 1. The Morgan fingerprint density at radius 3 is 2.37 bits per heavy atom. The van der Waals surface area contributed by atoms with Crippen molar-refractivity contribution in [1.82, 2.24) is 9.99 Å². The van der Waals surface area contributed by atoms with E-state index in [0.717, 1.165) is 31.4 Å². The number of amides is 1. The lowest BCUT2D eigenvalue weighted by Gasteiger charge is -2.23. The van der Waals surface area contributed by atoms with Gasteiger partial charge in [0.15, 0.2) is 0 Å². The van der Waals surface area contributed by atoms with Crippen molar-refractivity contribution in [1.29, 1.82) is 0 Å². The van der Waals surface area contributed by atoms with Crippen molar-refractivity contribution in [3.8, 4) is 5.69 Å².